The first-order valence-electron chi connectivity index (χ1n) is 15.3. The highest BCUT2D eigenvalue weighted by Gasteiger charge is 2.40. The van der Waals surface area contributed by atoms with E-state index in [1.807, 2.05) is 6.92 Å². The molecule has 1 aromatic rings. The standard InChI is InChI=1S/C32H50N2O9/c1-7-10-22(32(5,6)8-2)16-20(4)43-31(42)24-11-9-14-34(24)29(39)23(15-19(3)30(40)41)33-28(38)27(37)18-21-12-13-25(35)26(36)17-21/h12-13,17,19-20,22-24,27,35-37H,7-11,14-16,18H2,1-6H3,(H,33,38)(H,40,41). The lowest BCUT2D eigenvalue weighted by Gasteiger charge is -2.35. The van der Waals surface area contributed by atoms with Crippen LogP contribution in [0.2, 0.25) is 0 Å². The summed E-state index contributed by atoms with van der Waals surface area (Å²) in [7, 11) is 0. The molecule has 6 atom stereocenters. The fourth-order valence-corrected chi connectivity index (χ4v) is 5.62. The Bertz CT molecular complexity index is 1120. The predicted molar refractivity (Wildman–Crippen MR) is 160 cm³/mol. The van der Waals surface area contributed by atoms with Gasteiger partial charge in [0.05, 0.1) is 12.0 Å². The summed E-state index contributed by atoms with van der Waals surface area (Å²) in [5.74, 6) is -4.60. The van der Waals surface area contributed by atoms with Crippen LogP contribution in [0.15, 0.2) is 18.2 Å². The lowest BCUT2D eigenvalue weighted by atomic mass is 9.72. The Balaban J connectivity index is 2.15. The third-order valence-electron chi connectivity index (χ3n) is 8.79. The summed E-state index contributed by atoms with van der Waals surface area (Å²) in [5.41, 5.74) is 0.450. The maximum absolute atomic E-state index is 13.7. The van der Waals surface area contributed by atoms with E-state index in [0.29, 0.717) is 30.7 Å². The van der Waals surface area contributed by atoms with Crippen LogP contribution in [0, 0.1) is 17.3 Å². The molecular formula is C32H50N2O9. The number of carbonyl (C=O) groups excluding carboxylic acids is 3. The Morgan fingerprint density at radius 3 is 2.35 bits per heavy atom. The second-order valence-corrected chi connectivity index (χ2v) is 12.6. The van der Waals surface area contributed by atoms with Crippen LogP contribution in [0.4, 0.5) is 0 Å². The summed E-state index contributed by atoms with van der Waals surface area (Å²) in [6.45, 7) is 12.2. The number of nitrogens with one attached hydrogen (secondary N) is 1. The van der Waals surface area contributed by atoms with Crippen LogP contribution < -0.4 is 5.32 Å². The van der Waals surface area contributed by atoms with Gasteiger partial charge >= 0.3 is 11.9 Å². The molecule has 11 nitrogen and oxygen atoms in total. The van der Waals surface area contributed by atoms with Crippen LogP contribution in [-0.2, 0) is 30.3 Å². The van der Waals surface area contributed by atoms with E-state index in [9.17, 15) is 39.6 Å². The first-order chi connectivity index (χ1) is 20.1. The van der Waals surface area contributed by atoms with Gasteiger partial charge in [-0.2, -0.15) is 0 Å². The zero-order valence-corrected chi connectivity index (χ0v) is 26.3. The van der Waals surface area contributed by atoms with Crippen molar-refractivity contribution in [1.82, 2.24) is 10.2 Å². The summed E-state index contributed by atoms with van der Waals surface area (Å²) >= 11 is 0. The normalized spacial score (nSPS) is 18.8. The van der Waals surface area contributed by atoms with Gasteiger partial charge in [-0.1, -0.05) is 59.9 Å². The highest BCUT2D eigenvalue weighted by atomic mass is 16.5. The average Bonchev–Trinajstić information content (AvgIpc) is 3.44. The molecule has 0 radical (unpaired) electrons. The van der Waals surface area contributed by atoms with Crippen molar-refractivity contribution in [3.63, 3.8) is 0 Å². The number of carboxylic acid groups (broad SMARTS) is 1. The molecule has 0 bridgehead atoms. The average molecular weight is 607 g/mol. The third kappa shape index (κ3) is 10.1. The molecule has 0 aromatic heterocycles. The molecule has 1 aliphatic heterocycles. The van der Waals surface area contributed by atoms with Crippen molar-refractivity contribution < 1.29 is 44.3 Å². The zero-order chi connectivity index (χ0) is 32.5. The first kappa shape index (κ1) is 35.9. The molecular weight excluding hydrogens is 556 g/mol. The molecule has 6 unspecified atom stereocenters. The highest BCUT2D eigenvalue weighted by Crippen LogP contribution is 2.37. The van der Waals surface area contributed by atoms with E-state index in [1.165, 1.54) is 30.0 Å². The largest absolute Gasteiger partial charge is 0.504 e. The number of carboxylic acids is 1. The van der Waals surface area contributed by atoms with Crippen molar-refractivity contribution in [2.75, 3.05) is 6.54 Å². The second kappa shape index (κ2) is 15.9. The molecule has 11 heteroatoms. The van der Waals surface area contributed by atoms with Crippen molar-refractivity contribution >= 4 is 23.8 Å². The minimum Gasteiger partial charge on any atom is -0.504 e. The van der Waals surface area contributed by atoms with Gasteiger partial charge in [-0.3, -0.25) is 14.4 Å². The molecule has 1 aromatic carbocycles. The fourth-order valence-electron chi connectivity index (χ4n) is 5.62. The number of nitrogens with zero attached hydrogens (tertiary/aromatic N) is 1. The molecule has 0 spiro atoms. The topological polar surface area (TPSA) is 174 Å². The minimum absolute atomic E-state index is 0.0888. The van der Waals surface area contributed by atoms with Gasteiger partial charge in [0.2, 0.25) is 11.8 Å². The van der Waals surface area contributed by atoms with Gasteiger partial charge in [0.1, 0.15) is 18.2 Å². The Labute approximate surface area is 254 Å². The number of hydrogen-bond donors (Lipinski definition) is 5. The van der Waals surface area contributed by atoms with E-state index in [4.69, 9.17) is 4.74 Å². The molecule has 1 heterocycles. The number of hydrogen-bond acceptors (Lipinski definition) is 8. The van der Waals surface area contributed by atoms with Gasteiger partial charge in [0.15, 0.2) is 11.5 Å². The summed E-state index contributed by atoms with van der Waals surface area (Å²) < 4.78 is 5.84. The quantitative estimate of drug-likeness (QED) is 0.139. The molecule has 2 rings (SSSR count). The number of esters is 1. The van der Waals surface area contributed by atoms with Gasteiger partial charge in [0.25, 0.3) is 0 Å². The molecule has 1 saturated heterocycles. The van der Waals surface area contributed by atoms with E-state index in [1.54, 1.807) is 0 Å². The Morgan fingerprint density at radius 2 is 1.77 bits per heavy atom. The lowest BCUT2D eigenvalue weighted by Crippen LogP contribution is -2.54. The van der Waals surface area contributed by atoms with Crippen LogP contribution >= 0.6 is 0 Å². The van der Waals surface area contributed by atoms with E-state index >= 15 is 0 Å². The Morgan fingerprint density at radius 1 is 1.09 bits per heavy atom. The molecule has 43 heavy (non-hydrogen) atoms. The van der Waals surface area contributed by atoms with Crippen LogP contribution in [0.5, 0.6) is 11.5 Å². The zero-order valence-electron chi connectivity index (χ0n) is 26.3. The molecule has 5 N–H and O–H groups in total. The second-order valence-electron chi connectivity index (χ2n) is 12.6. The summed E-state index contributed by atoms with van der Waals surface area (Å²) in [5, 5.41) is 41.7. The molecule has 0 aliphatic carbocycles. The monoisotopic (exact) mass is 606 g/mol. The fraction of sp³-hybridized carbons (Fsp3) is 0.688. The number of aromatic hydroxyl groups is 2. The van der Waals surface area contributed by atoms with Crippen molar-refractivity contribution in [1.29, 1.82) is 0 Å². The maximum atomic E-state index is 13.7. The maximum Gasteiger partial charge on any atom is 0.329 e. The van der Waals surface area contributed by atoms with Crippen molar-refractivity contribution in [2.45, 2.75) is 117 Å². The van der Waals surface area contributed by atoms with Crippen molar-refractivity contribution in [3.8, 4) is 11.5 Å². The van der Waals surface area contributed by atoms with Gasteiger partial charge in [0, 0.05) is 13.0 Å². The van der Waals surface area contributed by atoms with Gasteiger partial charge < -0.3 is 35.4 Å². The summed E-state index contributed by atoms with van der Waals surface area (Å²) in [6.07, 6.45) is 2.22. The first-order valence-corrected chi connectivity index (χ1v) is 15.3. The van der Waals surface area contributed by atoms with Crippen LogP contribution in [0.1, 0.15) is 92.1 Å². The molecule has 0 saturated carbocycles. The number of aliphatic hydroxyl groups excluding tert-OH is 1. The third-order valence-corrected chi connectivity index (χ3v) is 8.79. The number of likely N-dealkylation sites (tertiary alicyclic amines) is 1. The molecule has 1 aliphatic rings. The number of amides is 2. The van der Waals surface area contributed by atoms with Crippen LogP contribution in [0.3, 0.4) is 0 Å². The number of rotatable bonds is 16. The summed E-state index contributed by atoms with van der Waals surface area (Å²) in [6, 6.07) is 1.69. The van der Waals surface area contributed by atoms with Crippen LogP contribution in [-0.4, -0.2) is 79.9 Å². The number of ether oxygens (including phenoxy) is 1. The molecule has 242 valence electrons. The Hall–Kier alpha value is -3.34. The number of phenolic OH excluding ortho intramolecular Hbond substituents is 2. The minimum atomic E-state index is -1.62. The number of phenols is 2. The van der Waals surface area contributed by atoms with Crippen LogP contribution in [0.25, 0.3) is 0 Å². The Kier molecular flexibility index (Phi) is 13.3. The molecule has 1 fully saturated rings. The predicted octanol–water partition coefficient (Wildman–Crippen LogP) is 3.76. The number of benzene rings is 1. The van der Waals surface area contributed by atoms with E-state index in [0.717, 1.165) is 19.3 Å². The van der Waals surface area contributed by atoms with Crippen molar-refractivity contribution in [2.24, 2.45) is 17.3 Å². The van der Waals surface area contributed by atoms with Gasteiger partial charge in [-0.25, -0.2) is 4.79 Å². The van der Waals surface area contributed by atoms with E-state index in [2.05, 4.69) is 33.0 Å². The van der Waals surface area contributed by atoms with Gasteiger partial charge in [-0.05, 0) is 61.6 Å². The smallest absolute Gasteiger partial charge is 0.329 e. The number of aliphatic hydroxyl groups is 1. The van der Waals surface area contributed by atoms with Crippen molar-refractivity contribution in [3.05, 3.63) is 23.8 Å². The highest BCUT2D eigenvalue weighted by molar-refractivity contribution is 5.92. The lowest BCUT2D eigenvalue weighted by molar-refractivity contribution is -0.159. The molecule has 2 amide bonds. The number of carbonyl (C=O) groups is 4. The summed E-state index contributed by atoms with van der Waals surface area (Å²) in [4.78, 5) is 52.9. The number of aliphatic carboxylic acids is 1. The van der Waals surface area contributed by atoms with Gasteiger partial charge in [-0.15, -0.1) is 0 Å². The SMILES string of the molecule is CCCC(CC(C)OC(=O)C1CCCN1C(=O)C(CC(C)C(=O)O)NC(=O)C(O)Cc1ccc(O)c(O)c1)C(C)(C)CC. The van der Waals surface area contributed by atoms with E-state index < -0.39 is 53.6 Å². The van der Waals surface area contributed by atoms with E-state index in [-0.39, 0.29) is 36.7 Å².